The number of carbonyl (C=O) groups excluding carboxylic acids is 1. The van der Waals surface area contributed by atoms with Gasteiger partial charge in [-0.2, -0.15) is 0 Å². The second-order valence-corrected chi connectivity index (χ2v) is 5.45. The Balaban J connectivity index is 2.12. The number of hydrogen-bond acceptors (Lipinski definition) is 6. The predicted molar refractivity (Wildman–Crippen MR) is 77.8 cm³/mol. The second kappa shape index (κ2) is 6.23. The van der Waals surface area contributed by atoms with E-state index in [1.54, 1.807) is 14.0 Å². The lowest BCUT2D eigenvalue weighted by molar-refractivity contribution is -0.149. The van der Waals surface area contributed by atoms with Gasteiger partial charge in [0, 0.05) is 11.9 Å². The van der Waals surface area contributed by atoms with Crippen LogP contribution >= 0.6 is 11.8 Å². The standard InChI is InChI=1S/C13H18N4O2S/c1-4-19-11(18)13(2,14-3)9-20-12-16-15-10-7-5-6-8-17(10)12/h5-8,14H,4,9H2,1-3H3. The van der Waals surface area contributed by atoms with Crippen molar-refractivity contribution in [2.75, 3.05) is 19.4 Å². The zero-order chi connectivity index (χ0) is 14.6. The number of esters is 1. The molecule has 1 N–H and O–H groups in total. The van der Waals surface area contributed by atoms with Crippen LogP contribution < -0.4 is 5.32 Å². The quantitative estimate of drug-likeness (QED) is 0.641. The van der Waals surface area contributed by atoms with Crippen LogP contribution in [0.25, 0.3) is 5.65 Å². The van der Waals surface area contributed by atoms with Crippen molar-refractivity contribution in [1.29, 1.82) is 0 Å². The molecule has 0 aliphatic heterocycles. The minimum absolute atomic E-state index is 0.260. The molecule has 1 unspecified atom stereocenters. The van der Waals surface area contributed by atoms with Crippen molar-refractivity contribution in [1.82, 2.24) is 19.9 Å². The maximum absolute atomic E-state index is 12.0. The number of ether oxygens (including phenoxy) is 1. The molecule has 0 bridgehead atoms. The molecule has 2 aromatic rings. The van der Waals surface area contributed by atoms with Crippen LogP contribution in [-0.4, -0.2) is 45.5 Å². The Morgan fingerprint density at radius 3 is 3.00 bits per heavy atom. The zero-order valence-corrected chi connectivity index (χ0v) is 12.6. The number of hydrogen-bond donors (Lipinski definition) is 1. The van der Waals surface area contributed by atoms with Crippen molar-refractivity contribution in [2.24, 2.45) is 0 Å². The molecular weight excluding hydrogens is 276 g/mol. The van der Waals surface area contributed by atoms with Crippen molar-refractivity contribution in [3.8, 4) is 0 Å². The third kappa shape index (κ3) is 2.94. The molecule has 2 heterocycles. The maximum Gasteiger partial charge on any atom is 0.326 e. The number of fused-ring (bicyclic) bond motifs is 1. The van der Waals surface area contributed by atoms with Crippen molar-refractivity contribution in [3.63, 3.8) is 0 Å². The van der Waals surface area contributed by atoms with E-state index in [2.05, 4.69) is 15.5 Å². The van der Waals surface area contributed by atoms with Crippen molar-refractivity contribution in [3.05, 3.63) is 24.4 Å². The smallest absolute Gasteiger partial charge is 0.326 e. The second-order valence-electron chi connectivity index (χ2n) is 4.50. The Morgan fingerprint density at radius 2 is 2.30 bits per heavy atom. The summed E-state index contributed by atoms with van der Waals surface area (Å²) in [7, 11) is 1.75. The summed E-state index contributed by atoms with van der Waals surface area (Å²) in [4.78, 5) is 12.0. The van der Waals surface area contributed by atoms with Crippen molar-refractivity contribution in [2.45, 2.75) is 24.5 Å². The molecule has 108 valence electrons. The number of pyridine rings is 1. The molecule has 2 rings (SSSR count). The number of carbonyl (C=O) groups is 1. The molecule has 6 nitrogen and oxygen atoms in total. The minimum atomic E-state index is -0.749. The Hall–Kier alpha value is -1.60. The van der Waals surface area contributed by atoms with E-state index in [1.165, 1.54) is 11.8 Å². The molecule has 1 atom stereocenters. The molecule has 0 amide bonds. The lowest BCUT2D eigenvalue weighted by atomic mass is 10.1. The van der Waals surface area contributed by atoms with Gasteiger partial charge in [0.15, 0.2) is 10.8 Å². The average Bonchev–Trinajstić information content (AvgIpc) is 2.88. The third-order valence-electron chi connectivity index (χ3n) is 3.05. The summed E-state index contributed by atoms with van der Waals surface area (Å²) in [5.41, 5.74) is 0.0404. The molecule has 0 aliphatic rings. The van der Waals surface area contributed by atoms with E-state index in [9.17, 15) is 4.79 Å². The topological polar surface area (TPSA) is 68.5 Å². The Labute approximate surface area is 121 Å². The number of nitrogens with one attached hydrogen (secondary N) is 1. The first-order chi connectivity index (χ1) is 9.60. The highest BCUT2D eigenvalue weighted by molar-refractivity contribution is 7.99. The van der Waals surface area contributed by atoms with Gasteiger partial charge in [0.05, 0.1) is 6.61 Å². The monoisotopic (exact) mass is 294 g/mol. The fourth-order valence-electron chi connectivity index (χ4n) is 1.65. The fourth-order valence-corrected chi connectivity index (χ4v) is 2.72. The molecule has 7 heteroatoms. The maximum atomic E-state index is 12.0. The zero-order valence-electron chi connectivity index (χ0n) is 11.8. The summed E-state index contributed by atoms with van der Waals surface area (Å²) in [5, 5.41) is 12.0. The number of likely N-dealkylation sites (N-methyl/N-ethyl adjacent to an activating group) is 1. The van der Waals surface area contributed by atoms with E-state index in [0.717, 1.165) is 10.8 Å². The van der Waals surface area contributed by atoms with Gasteiger partial charge in [0.1, 0.15) is 5.54 Å². The first kappa shape index (κ1) is 14.8. The van der Waals surface area contributed by atoms with Gasteiger partial charge in [0.2, 0.25) is 0 Å². The highest BCUT2D eigenvalue weighted by Crippen LogP contribution is 2.22. The average molecular weight is 294 g/mol. The molecule has 20 heavy (non-hydrogen) atoms. The van der Waals surface area contributed by atoms with Gasteiger partial charge in [-0.05, 0) is 33.0 Å². The van der Waals surface area contributed by atoms with E-state index in [4.69, 9.17) is 4.74 Å². The molecule has 0 fully saturated rings. The summed E-state index contributed by atoms with van der Waals surface area (Å²) in [6.07, 6.45) is 1.90. The highest BCUT2D eigenvalue weighted by Gasteiger charge is 2.33. The largest absolute Gasteiger partial charge is 0.465 e. The molecule has 0 spiro atoms. The van der Waals surface area contributed by atoms with E-state index in [-0.39, 0.29) is 5.97 Å². The number of thioether (sulfide) groups is 1. The number of aromatic nitrogens is 3. The van der Waals surface area contributed by atoms with Gasteiger partial charge in [-0.15, -0.1) is 10.2 Å². The lowest BCUT2D eigenvalue weighted by Gasteiger charge is -2.25. The van der Waals surface area contributed by atoms with Crippen LogP contribution in [0.5, 0.6) is 0 Å². The third-order valence-corrected chi connectivity index (χ3v) is 4.31. The van der Waals surface area contributed by atoms with Crippen LogP contribution in [0.1, 0.15) is 13.8 Å². The summed E-state index contributed by atoms with van der Waals surface area (Å²) < 4.78 is 6.99. The molecular formula is C13H18N4O2S. The van der Waals surface area contributed by atoms with E-state index in [0.29, 0.717) is 12.4 Å². The summed E-state index contributed by atoms with van der Waals surface area (Å²) in [5.74, 6) is 0.252. The fraction of sp³-hybridized carbons (Fsp3) is 0.462. The molecule has 0 aliphatic carbocycles. The summed E-state index contributed by atoms with van der Waals surface area (Å²) in [6.45, 7) is 3.99. The minimum Gasteiger partial charge on any atom is -0.465 e. The normalized spacial score (nSPS) is 14.2. The van der Waals surface area contributed by atoms with Gasteiger partial charge in [-0.25, -0.2) is 0 Å². The molecule has 2 aromatic heterocycles. The van der Waals surface area contributed by atoms with Crippen LogP contribution in [0.4, 0.5) is 0 Å². The van der Waals surface area contributed by atoms with Gasteiger partial charge < -0.3 is 10.1 Å². The van der Waals surface area contributed by atoms with Crippen LogP contribution in [0, 0.1) is 0 Å². The highest BCUT2D eigenvalue weighted by atomic mass is 32.2. The van der Waals surface area contributed by atoms with Crippen LogP contribution in [0.15, 0.2) is 29.6 Å². The number of nitrogens with zero attached hydrogens (tertiary/aromatic N) is 3. The van der Waals surface area contributed by atoms with Gasteiger partial charge in [0.25, 0.3) is 0 Å². The van der Waals surface area contributed by atoms with E-state index < -0.39 is 5.54 Å². The molecule has 0 radical (unpaired) electrons. The first-order valence-corrected chi connectivity index (χ1v) is 7.38. The predicted octanol–water partition coefficient (Wildman–Crippen LogP) is 1.36. The van der Waals surface area contributed by atoms with Crippen LogP contribution in [0.3, 0.4) is 0 Å². The van der Waals surface area contributed by atoms with E-state index in [1.807, 2.05) is 35.7 Å². The lowest BCUT2D eigenvalue weighted by Crippen LogP contribution is -2.50. The van der Waals surface area contributed by atoms with Crippen LogP contribution in [-0.2, 0) is 9.53 Å². The van der Waals surface area contributed by atoms with Crippen molar-refractivity contribution >= 4 is 23.4 Å². The van der Waals surface area contributed by atoms with Gasteiger partial charge in [-0.3, -0.25) is 9.20 Å². The molecule has 0 saturated heterocycles. The van der Waals surface area contributed by atoms with Gasteiger partial charge in [-0.1, -0.05) is 17.8 Å². The first-order valence-electron chi connectivity index (χ1n) is 6.39. The van der Waals surface area contributed by atoms with Crippen LogP contribution in [0.2, 0.25) is 0 Å². The number of rotatable bonds is 6. The summed E-state index contributed by atoms with van der Waals surface area (Å²) >= 11 is 1.47. The van der Waals surface area contributed by atoms with Gasteiger partial charge >= 0.3 is 5.97 Å². The Bertz CT molecular complexity index is 601. The van der Waals surface area contributed by atoms with E-state index >= 15 is 0 Å². The van der Waals surface area contributed by atoms with Crippen molar-refractivity contribution < 1.29 is 9.53 Å². The SMILES string of the molecule is CCOC(=O)C(C)(CSc1nnc2ccccn12)NC. The Kier molecular flexibility index (Phi) is 4.61. The molecule has 0 aromatic carbocycles. The Morgan fingerprint density at radius 1 is 1.50 bits per heavy atom. The molecule has 0 saturated carbocycles. The summed E-state index contributed by atoms with van der Waals surface area (Å²) in [6, 6.07) is 5.72.